The quantitative estimate of drug-likeness (QED) is 0.753. The van der Waals surface area contributed by atoms with Gasteiger partial charge in [0.15, 0.2) is 0 Å². The number of benzene rings is 1. The smallest absolute Gasteiger partial charge is 0.171 e. The summed E-state index contributed by atoms with van der Waals surface area (Å²) in [5.41, 5.74) is 0.692. The third-order valence-electron chi connectivity index (χ3n) is 2.04. The van der Waals surface area contributed by atoms with E-state index >= 15 is 0 Å². The SMILES string of the molecule is CC(Cc1ccccc1Br)C(F)(F)F. The molecule has 1 rings (SSSR count). The molecule has 4 heteroatoms. The highest BCUT2D eigenvalue weighted by Gasteiger charge is 2.35. The summed E-state index contributed by atoms with van der Waals surface area (Å²) in [6.45, 7) is 1.19. The fourth-order valence-corrected chi connectivity index (χ4v) is 1.56. The molecule has 0 aliphatic heterocycles. The number of alkyl halides is 3. The minimum absolute atomic E-state index is 0.0188. The number of hydrogen-bond donors (Lipinski definition) is 0. The molecule has 14 heavy (non-hydrogen) atoms. The van der Waals surface area contributed by atoms with Gasteiger partial charge >= 0.3 is 6.18 Å². The maximum atomic E-state index is 12.3. The van der Waals surface area contributed by atoms with E-state index < -0.39 is 12.1 Å². The highest BCUT2D eigenvalue weighted by molar-refractivity contribution is 9.10. The topological polar surface area (TPSA) is 0 Å². The van der Waals surface area contributed by atoms with Crippen LogP contribution in [0.2, 0.25) is 0 Å². The molecule has 1 aromatic carbocycles. The average molecular weight is 267 g/mol. The van der Waals surface area contributed by atoms with Crippen molar-refractivity contribution in [3.05, 3.63) is 34.3 Å². The highest BCUT2D eigenvalue weighted by Crippen LogP contribution is 2.30. The molecule has 0 bridgehead atoms. The van der Waals surface area contributed by atoms with Crippen molar-refractivity contribution in [2.75, 3.05) is 0 Å². The Bertz CT molecular complexity index is 306. The van der Waals surface area contributed by atoms with E-state index in [-0.39, 0.29) is 6.42 Å². The molecule has 0 fully saturated rings. The monoisotopic (exact) mass is 266 g/mol. The zero-order valence-corrected chi connectivity index (χ0v) is 9.19. The molecule has 0 N–H and O–H groups in total. The normalized spacial score (nSPS) is 14.1. The van der Waals surface area contributed by atoms with Crippen LogP contribution in [0.3, 0.4) is 0 Å². The number of rotatable bonds is 2. The van der Waals surface area contributed by atoms with Gasteiger partial charge in [-0.2, -0.15) is 13.2 Å². The Morgan fingerprint density at radius 1 is 1.29 bits per heavy atom. The Morgan fingerprint density at radius 3 is 2.36 bits per heavy atom. The zero-order chi connectivity index (χ0) is 10.8. The highest BCUT2D eigenvalue weighted by atomic mass is 79.9. The second-order valence-corrected chi connectivity index (χ2v) is 4.09. The molecule has 0 nitrogen and oxygen atoms in total. The Labute approximate surface area is 89.3 Å². The maximum absolute atomic E-state index is 12.3. The van der Waals surface area contributed by atoms with Gasteiger partial charge in [0.2, 0.25) is 0 Å². The zero-order valence-electron chi connectivity index (χ0n) is 7.61. The van der Waals surface area contributed by atoms with Gasteiger partial charge in [-0.05, 0) is 18.1 Å². The van der Waals surface area contributed by atoms with Gasteiger partial charge < -0.3 is 0 Å². The van der Waals surface area contributed by atoms with Crippen LogP contribution in [0.1, 0.15) is 12.5 Å². The minimum Gasteiger partial charge on any atom is -0.171 e. The van der Waals surface area contributed by atoms with E-state index in [4.69, 9.17) is 0 Å². The molecule has 0 saturated carbocycles. The van der Waals surface area contributed by atoms with Crippen molar-refractivity contribution in [1.82, 2.24) is 0 Å². The third kappa shape index (κ3) is 3.01. The van der Waals surface area contributed by atoms with E-state index in [1.807, 2.05) is 0 Å². The Hall–Kier alpha value is -0.510. The average Bonchev–Trinajstić information content (AvgIpc) is 2.07. The van der Waals surface area contributed by atoms with E-state index in [0.29, 0.717) is 5.56 Å². The molecule has 1 unspecified atom stereocenters. The van der Waals surface area contributed by atoms with Crippen molar-refractivity contribution in [3.8, 4) is 0 Å². The molecule has 0 spiro atoms. The van der Waals surface area contributed by atoms with Gasteiger partial charge in [-0.3, -0.25) is 0 Å². The fourth-order valence-electron chi connectivity index (χ4n) is 1.11. The summed E-state index contributed by atoms with van der Waals surface area (Å²) in [6, 6.07) is 6.97. The second kappa shape index (κ2) is 4.34. The maximum Gasteiger partial charge on any atom is 0.391 e. The largest absolute Gasteiger partial charge is 0.391 e. The van der Waals surface area contributed by atoms with Crippen LogP contribution in [0.5, 0.6) is 0 Å². The summed E-state index contributed by atoms with van der Waals surface area (Å²) in [5, 5.41) is 0. The molecule has 0 heterocycles. The van der Waals surface area contributed by atoms with Crippen molar-refractivity contribution in [1.29, 1.82) is 0 Å². The molecular formula is C10H10BrF3. The van der Waals surface area contributed by atoms with Crippen molar-refractivity contribution in [2.45, 2.75) is 19.5 Å². The summed E-state index contributed by atoms with van der Waals surface area (Å²) in [7, 11) is 0. The van der Waals surface area contributed by atoms with Crippen LogP contribution in [-0.2, 0) is 6.42 Å². The molecule has 1 atom stereocenters. The minimum atomic E-state index is -4.12. The Balaban J connectivity index is 2.75. The summed E-state index contributed by atoms with van der Waals surface area (Å²) >= 11 is 3.22. The standard InChI is InChI=1S/C10H10BrF3/c1-7(10(12,13)14)6-8-4-2-3-5-9(8)11/h2-5,7H,6H2,1H3. The van der Waals surface area contributed by atoms with Crippen LogP contribution in [0, 0.1) is 5.92 Å². The second-order valence-electron chi connectivity index (χ2n) is 3.24. The molecule has 0 radical (unpaired) electrons. The van der Waals surface area contributed by atoms with Gasteiger partial charge in [-0.1, -0.05) is 41.1 Å². The van der Waals surface area contributed by atoms with Crippen LogP contribution in [-0.4, -0.2) is 6.18 Å². The van der Waals surface area contributed by atoms with E-state index in [2.05, 4.69) is 15.9 Å². The van der Waals surface area contributed by atoms with Gasteiger partial charge in [-0.15, -0.1) is 0 Å². The summed E-state index contributed by atoms with van der Waals surface area (Å²) < 4.78 is 37.5. The molecule has 0 saturated heterocycles. The van der Waals surface area contributed by atoms with E-state index in [0.717, 1.165) is 4.47 Å². The molecule has 0 aliphatic rings. The van der Waals surface area contributed by atoms with Crippen molar-refractivity contribution >= 4 is 15.9 Å². The molecule has 78 valence electrons. The van der Waals surface area contributed by atoms with Crippen molar-refractivity contribution in [3.63, 3.8) is 0 Å². The van der Waals surface area contributed by atoms with Crippen molar-refractivity contribution < 1.29 is 13.2 Å². The lowest BCUT2D eigenvalue weighted by atomic mass is 10.0. The van der Waals surface area contributed by atoms with E-state index in [1.54, 1.807) is 24.3 Å². The molecule has 0 amide bonds. The van der Waals surface area contributed by atoms with Gasteiger partial charge in [-0.25, -0.2) is 0 Å². The number of hydrogen-bond acceptors (Lipinski definition) is 0. The van der Waals surface area contributed by atoms with Gasteiger partial charge in [0.25, 0.3) is 0 Å². The van der Waals surface area contributed by atoms with Crippen LogP contribution in [0.25, 0.3) is 0 Å². The Morgan fingerprint density at radius 2 is 1.86 bits per heavy atom. The van der Waals surface area contributed by atoms with Crippen molar-refractivity contribution in [2.24, 2.45) is 5.92 Å². The first-order chi connectivity index (χ1) is 6.41. The van der Waals surface area contributed by atoms with Gasteiger partial charge in [0.1, 0.15) is 0 Å². The lowest BCUT2D eigenvalue weighted by Gasteiger charge is -2.15. The Kier molecular flexibility index (Phi) is 3.59. The van der Waals surface area contributed by atoms with E-state index in [1.165, 1.54) is 6.92 Å². The first kappa shape index (κ1) is 11.6. The van der Waals surface area contributed by atoms with Crippen LogP contribution in [0.4, 0.5) is 13.2 Å². The van der Waals surface area contributed by atoms with Crippen LogP contribution >= 0.6 is 15.9 Å². The van der Waals surface area contributed by atoms with Gasteiger partial charge in [0, 0.05) is 4.47 Å². The summed E-state index contributed by atoms with van der Waals surface area (Å²) in [5.74, 6) is -1.30. The summed E-state index contributed by atoms with van der Waals surface area (Å²) in [4.78, 5) is 0. The molecular weight excluding hydrogens is 257 g/mol. The third-order valence-corrected chi connectivity index (χ3v) is 2.82. The summed E-state index contributed by atoms with van der Waals surface area (Å²) in [6.07, 6.45) is -4.10. The van der Waals surface area contributed by atoms with Gasteiger partial charge in [0.05, 0.1) is 5.92 Å². The molecule has 0 aliphatic carbocycles. The lowest BCUT2D eigenvalue weighted by Crippen LogP contribution is -2.21. The molecule has 0 aromatic heterocycles. The van der Waals surface area contributed by atoms with Crippen LogP contribution in [0.15, 0.2) is 28.7 Å². The molecule has 1 aromatic rings. The lowest BCUT2D eigenvalue weighted by molar-refractivity contribution is -0.169. The predicted molar refractivity (Wildman–Crippen MR) is 53.1 cm³/mol. The van der Waals surface area contributed by atoms with Crippen LogP contribution < -0.4 is 0 Å². The van der Waals surface area contributed by atoms with E-state index in [9.17, 15) is 13.2 Å². The first-order valence-corrected chi connectivity index (χ1v) is 5.00. The number of halogens is 4. The fraction of sp³-hybridized carbons (Fsp3) is 0.400. The first-order valence-electron chi connectivity index (χ1n) is 4.21. The predicted octanol–water partition coefficient (Wildman–Crippen LogP) is 4.19.